The van der Waals surface area contributed by atoms with Gasteiger partial charge in [0.2, 0.25) is 0 Å². The van der Waals surface area contributed by atoms with Crippen LogP contribution < -0.4 is 5.32 Å². The van der Waals surface area contributed by atoms with Gasteiger partial charge in [0.05, 0.1) is 10.6 Å². The van der Waals surface area contributed by atoms with Gasteiger partial charge in [0.1, 0.15) is 6.61 Å². The zero-order valence-corrected chi connectivity index (χ0v) is 12.4. The molecule has 0 saturated heterocycles. The molecule has 0 aliphatic carbocycles. The number of aliphatic hydroxyl groups is 1. The van der Waals surface area contributed by atoms with E-state index in [2.05, 4.69) is 27.1 Å². The van der Waals surface area contributed by atoms with E-state index in [1.54, 1.807) is 23.6 Å². The Kier molecular flexibility index (Phi) is 5.43. The Hall–Kier alpha value is -2.23. The lowest BCUT2D eigenvalue weighted by Gasteiger charge is -2.04. The van der Waals surface area contributed by atoms with Crippen LogP contribution in [0.2, 0.25) is 0 Å². The van der Waals surface area contributed by atoms with Crippen LogP contribution in [0, 0.1) is 18.8 Å². The van der Waals surface area contributed by atoms with Crippen molar-refractivity contribution in [2.45, 2.75) is 13.3 Å². The van der Waals surface area contributed by atoms with Crippen molar-refractivity contribution in [3.8, 4) is 11.8 Å². The fourth-order valence-corrected chi connectivity index (χ4v) is 2.45. The van der Waals surface area contributed by atoms with Gasteiger partial charge in [-0.25, -0.2) is 4.98 Å². The fourth-order valence-electron chi connectivity index (χ4n) is 1.68. The molecule has 0 aliphatic rings. The number of nitrogens with one attached hydrogen (secondary N) is 1. The third-order valence-electron chi connectivity index (χ3n) is 2.60. The predicted octanol–water partition coefficient (Wildman–Crippen LogP) is 1.16. The Bertz CT molecular complexity index is 685. The minimum atomic E-state index is -0.219. The maximum Gasteiger partial charge on any atom is 0.252 e. The number of pyridine rings is 1. The molecule has 0 fully saturated rings. The minimum absolute atomic E-state index is 0.191. The SMILES string of the molecule is Cc1csc(CCNC(=O)c2cncc(C#CCO)c2)n1. The molecule has 6 heteroatoms. The van der Waals surface area contributed by atoms with E-state index in [4.69, 9.17) is 5.11 Å². The molecule has 0 radical (unpaired) electrons. The minimum Gasteiger partial charge on any atom is -0.384 e. The molecule has 0 unspecified atom stereocenters. The van der Waals surface area contributed by atoms with E-state index >= 15 is 0 Å². The van der Waals surface area contributed by atoms with Crippen LogP contribution in [-0.2, 0) is 6.42 Å². The van der Waals surface area contributed by atoms with Crippen molar-refractivity contribution in [3.63, 3.8) is 0 Å². The van der Waals surface area contributed by atoms with Gasteiger partial charge < -0.3 is 10.4 Å². The molecule has 2 rings (SSSR count). The van der Waals surface area contributed by atoms with Crippen LogP contribution in [0.5, 0.6) is 0 Å². The van der Waals surface area contributed by atoms with Crippen molar-refractivity contribution < 1.29 is 9.90 Å². The zero-order chi connectivity index (χ0) is 15.1. The number of rotatable bonds is 4. The number of amides is 1. The molecule has 2 N–H and O–H groups in total. The van der Waals surface area contributed by atoms with Crippen molar-refractivity contribution in [1.29, 1.82) is 0 Å². The molecule has 108 valence electrons. The van der Waals surface area contributed by atoms with Crippen molar-refractivity contribution in [1.82, 2.24) is 15.3 Å². The summed E-state index contributed by atoms with van der Waals surface area (Å²) in [6.45, 7) is 2.26. The van der Waals surface area contributed by atoms with Crippen LogP contribution in [-0.4, -0.2) is 34.1 Å². The molecular formula is C15H15N3O2S. The number of hydrogen-bond acceptors (Lipinski definition) is 5. The highest BCUT2D eigenvalue weighted by Gasteiger charge is 2.06. The van der Waals surface area contributed by atoms with E-state index in [0.29, 0.717) is 24.1 Å². The molecule has 0 bridgehead atoms. The highest BCUT2D eigenvalue weighted by molar-refractivity contribution is 7.09. The highest BCUT2D eigenvalue weighted by Crippen LogP contribution is 2.08. The molecule has 0 spiro atoms. The second-order valence-electron chi connectivity index (χ2n) is 4.31. The molecule has 2 aromatic heterocycles. The topological polar surface area (TPSA) is 75.1 Å². The van der Waals surface area contributed by atoms with Crippen molar-refractivity contribution in [2.75, 3.05) is 13.2 Å². The van der Waals surface area contributed by atoms with Crippen LogP contribution in [0.3, 0.4) is 0 Å². The van der Waals surface area contributed by atoms with E-state index in [0.717, 1.165) is 10.7 Å². The second kappa shape index (κ2) is 7.53. The summed E-state index contributed by atoms with van der Waals surface area (Å²) in [5.41, 5.74) is 2.06. The van der Waals surface area contributed by atoms with Gasteiger partial charge in [-0.1, -0.05) is 11.8 Å². The Morgan fingerprint density at radius 3 is 3.05 bits per heavy atom. The van der Waals surface area contributed by atoms with E-state index in [1.165, 1.54) is 6.20 Å². The van der Waals surface area contributed by atoms with Gasteiger partial charge in [0.15, 0.2) is 0 Å². The average molecular weight is 301 g/mol. The van der Waals surface area contributed by atoms with Crippen molar-refractivity contribution in [2.24, 2.45) is 0 Å². The lowest BCUT2D eigenvalue weighted by Crippen LogP contribution is -2.25. The van der Waals surface area contributed by atoms with Gasteiger partial charge in [-0.15, -0.1) is 11.3 Å². The largest absolute Gasteiger partial charge is 0.384 e. The van der Waals surface area contributed by atoms with Crippen LogP contribution >= 0.6 is 11.3 Å². The summed E-state index contributed by atoms with van der Waals surface area (Å²) in [4.78, 5) is 20.3. The van der Waals surface area contributed by atoms with Gasteiger partial charge in [0, 0.05) is 42.0 Å². The smallest absolute Gasteiger partial charge is 0.252 e. The highest BCUT2D eigenvalue weighted by atomic mass is 32.1. The van der Waals surface area contributed by atoms with E-state index in [-0.39, 0.29) is 12.5 Å². The van der Waals surface area contributed by atoms with E-state index < -0.39 is 0 Å². The van der Waals surface area contributed by atoms with E-state index in [9.17, 15) is 4.79 Å². The number of thiazole rings is 1. The third kappa shape index (κ3) is 4.67. The number of nitrogens with zero attached hydrogens (tertiary/aromatic N) is 2. The van der Waals surface area contributed by atoms with Gasteiger partial charge >= 0.3 is 0 Å². The summed E-state index contributed by atoms with van der Waals surface area (Å²) in [5.74, 6) is 5.06. The normalized spacial score (nSPS) is 9.81. The van der Waals surface area contributed by atoms with Crippen LogP contribution in [0.4, 0.5) is 0 Å². The quantitative estimate of drug-likeness (QED) is 0.831. The Morgan fingerprint density at radius 2 is 2.33 bits per heavy atom. The summed E-state index contributed by atoms with van der Waals surface area (Å²) in [7, 11) is 0. The molecule has 2 heterocycles. The van der Waals surface area contributed by atoms with Gasteiger partial charge in [0.25, 0.3) is 5.91 Å². The number of carbonyl (C=O) groups is 1. The zero-order valence-electron chi connectivity index (χ0n) is 11.6. The van der Waals surface area contributed by atoms with Crippen molar-refractivity contribution >= 4 is 17.2 Å². The van der Waals surface area contributed by atoms with E-state index in [1.807, 2.05) is 12.3 Å². The molecule has 5 nitrogen and oxygen atoms in total. The maximum absolute atomic E-state index is 12.0. The number of aromatic nitrogens is 2. The standard InChI is InChI=1S/C15H15N3O2S/c1-11-10-21-14(18-11)4-5-17-15(20)13-7-12(3-2-6-19)8-16-9-13/h7-10,19H,4-6H2,1H3,(H,17,20). The first-order valence-corrected chi connectivity index (χ1v) is 7.31. The van der Waals surface area contributed by atoms with Gasteiger partial charge in [-0.2, -0.15) is 0 Å². The lowest BCUT2D eigenvalue weighted by atomic mass is 10.2. The Balaban J connectivity index is 1.91. The van der Waals surface area contributed by atoms with Gasteiger partial charge in [-0.05, 0) is 13.0 Å². The average Bonchev–Trinajstić information content (AvgIpc) is 2.91. The summed E-state index contributed by atoms with van der Waals surface area (Å²) in [5, 5.41) is 14.5. The number of hydrogen-bond donors (Lipinski definition) is 2. The summed E-state index contributed by atoms with van der Waals surface area (Å²) < 4.78 is 0. The first-order valence-electron chi connectivity index (χ1n) is 6.43. The first-order chi connectivity index (χ1) is 10.2. The predicted molar refractivity (Wildman–Crippen MR) is 81.1 cm³/mol. The summed E-state index contributed by atoms with van der Waals surface area (Å²) >= 11 is 1.59. The summed E-state index contributed by atoms with van der Waals surface area (Å²) in [6, 6.07) is 1.65. The number of carbonyl (C=O) groups excluding carboxylic acids is 1. The summed E-state index contributed by atoms with van der Waals surface area (Å²) in [6.07, 6.45) is 3.76. The molecule has 1 amide bonds. The van der Waals surface area contributed by atoms with Crippen molar-refractivity contribution in [3.05, 3.63) is 45.7 Å². The van der Waals surface area contributed by atoms with Crippen LogP contribution in [0.25, 0.3) is 0 Å². The van der Waals surface area contributed by atoms with Gasteiger partial charge in [-0.3, -0.25) is 9.78 Å². The number of aliphatic hydroxyl groups excluding tert-OH is 1. The first kappa shape index (κ1) is 15.2. The lowest BCUT2D eigenvalue weighted by molar-refractivity contribution is 0.0953. The second-order valence-corrected chi connectivity index (χ2v) is 5.25. The molecule has 2 aromatic rings. The molecule has 21 heavy (non-hydrogen) atoms. The Labute approximate surface area is 127 Å². The van der Waals surface area contributed by atoms with Crippen LogP contribution in [0.15, 0.2) is 23.8 Å². The molecule has 0 saturated carbocycles. The monoisotopic (exact) mass is 301 g/mol. The third-order valence-corrected chi connectivity index (χ3v) is 3.63. The fraction of sp³-hybridized carbons (Fsp3) is 0.267. The molecule has 0 aromatic carbocycles. The van der Waals surface area contributed by atoms with Crippen LogP contribution in [0.1, 0.15) is 26.6 Å². The Morgan fingerprint density at radius 1 is 1.48 bits per heavy atom. The number of aryl methyl sites for hydroxylation is 1. The molecular weight excluding hydrogens is 286 g/mol. The molecule has 0 atom stereocenters. The maximum atomic E-state index is 12.0. The molecule has 0 aliphatic heterocycles.